The number of nitro groups is 1. The molecule has 0 unspecified atom stereocenters. The van der Waals surface area contributed by atoms with E-state index in [1.807, 2.05) is 32.9 Å². The number of benzene rings is 2. The predicted octanol–water partition coefficient (Wildman–Crippen LogP) is 5.24. The highest BCUT2D eigenvalue weighted by atomic mass is 32.2. The molecule has 3 rings (SSSR count). The largest absolute Gasteiger partial charge is 0.381 e. The molecule has 34 heavy (non-hydrogen) atoms. The highest BCUT2D eigenvalue weighted by Crippen LogP contribution is 2.34. The van der Waals surface area contributed by atoms with E-state index in [9.17, 15) is 18.5 Å². The number of rotatable bonds is 10. The van der Waals surface area contributed by atoms with Crippen LogP contribution in [0.25, 0.3) is 0 Å². The molecule has 186 valence electrons. The summed E-state index contributed by atoms with van der Waals surface area (Å²) in [5.74, 6) is 0.0665. The summed E-state index contributed by atoms with van der Waals surface area (Å²) in [5, 5.41) is 15.0. The van der Waals surface area contributed by atoms with Gasteiger partial charge in [0.05, 0.1) is 15.5 Å². The number of sulfonamides is 1. The van der Waals surface area contributed by atoms with Crippen molar-refractivity contribution in [2.75, 3.05) is 35.9 Å². The average molecular weight is 490 g/mol. The van der Waals surface area contributed by atoms with Crippen LogP contribution in [0.15, 0.2) is 47.4 Å². The van der Waals surface area contributed by atoms with E-state index in [0.717, 1.165) is 30.9 Å². The van der Waals surface area contributed by atoms with Crippen LogP contribution in [-0.2, 0) is 21.2 Å². The van der Waals surface area contributed by atoms with Crippen molar-refractivity contribution in [1.82, 2.24) is 0 Å². The summed E-state index contributed by atoms with van der Waals surface area (Å²) >= 11 is 0. The van der Waals surface area contributed by atoms with Gasteiger partial charge < -0.3 is 10.1 Å². The van der Waals surface area contributed by atoms with Crippen molar-refractivity contribution in [2.24, 2.45) is 11.3 Å². The van der Waals surface area contributed by atoms with Crippen LogP contribution in [0.1, 0.15) is 46.1 Å². The highest BCUT2D eigenvalue weighted by molar-refractivity contribution is 7.92. The molecular weight excluding hydrogens is 454 g/mol. The van der Waals surface area contributed by atoms with Gasteiger partial charge in [-0.1, -0.05) is 39.8 Å². The molecule has 0 radical (unpaired) electrons. The first-order chi connectivity index (χ1) is 16.1. The van der Waals surface area contributed by atoms with Crippen molar-refractivity contribution in [3.05, 3.63) is 58.1 Å². The molecule has 1 N–H and O–H groups in total. The van der Waals surface area contributed by atoms with E-state index >= 15 is 0 Å². The Morgan fingerprint density at radius 3 is 2.35 bits per heavy atom. The van der Waals surface area contributed by atoms with Crippen LogP contribution in [0.2, 0.25) is 0 Å². The minimum absolute atomic E-state index is 0.0322. The zero-order valence-corrected chi connectivity index (χ0v) is 21.2. The quantitative estimate of drug-likeness (QED) is 0.362. The van der Waals surface area contributed by atoms with E-state index < -0.39 is 14.9 Å². The summed E-state index contributed by atoms with van der Waals surface area (Å²) in [4.78, 5) is 11.2. The Morgan fingerprint density at radius 1 is 1.15 bits per heavy atom. The fourth-order valence-electron chi connectivity index (χ4n) is 4.02. The molecular formula is C25H35N3O5S. The summed E-state index contributed by atoms with van der Waals surface area (Å²) < 4.78 is 34.0. The van der Waals surface area contributed by atoms with Crippen molar-refractivity contribution in [3.63, 3.8) is 0 Å². The lowest BCUT2D eigenvalue weighted by atomic mass is 9.82. The highest BCUT2D eigenvalue weighted by Gasteiger charge is 2.31. The second kappa shape index (κ2) is 10.7. The number of nitrogens with zero attached hydrogens (tertiary/aromatic N) is 2. The van der Waals surface area contributed by atoms with Crippen LogP contribution in [0, 0.1) is 21.4 Å². The number of anilines is 2. The maximum Gasteiger partial charge on any atom is 0.293 e. The van der Waals surface area contributed by atoms with Crippen LogP contribution in [0.4, 0.5) is 17.1 Å². The molecule has 0 bridgehead atoms. The molecule has 1 heterocycles. The molecule has 1 fully saturated rings. The Morgan fingerprint density at radius 2 is 1.79 bits per heavy atom. The molecule has 1 aliphatic heterocycles. The molecule has 9 heteroatoms. The SMILES string of the molecule is CCc1ccc(N(CC(C)C)S(=O)(=O)c2ccc(NCC3(C)CCOCC3)c([N+](=O)[O-])c2)cc1. The van der Waals surface area contributed by atoms with Gasteiger partial charge in [0.2, 0.25) is 0 Å². The first-order valence-electron chi connectivity index (χ1n) is 11.8. The van der Waals surface area contributed by atoms with E-state index in [1.54, 1.807) is 12.1 Å². The van der Waals surface area contributed by atoms with Gasteiger partial charge in [-0.25, -0.2) is 8.42 Å². The van der Waals surface area contributed by atoms with E-state index in [4.69, 9.17) is 4.74 Å². The molecule has 2 aromatic carbocycles. The van der Waals surface area contributed by atoms with Gasteiger partial charge in [0.25, 0.3) is 15.7 Å². The Hall–Kier alpha value is -2.65. The van der Waals surface area contributed by atoms with Gasteiger partial charge in [0, 0.05) is 32.4 Å². The van der Waals surface area contributed by atoms with Crippen molar-refractivity contribution in [2.45, 2.75) is 51.9 Å². The van der Waals surface area contributed by atoms with Crippen molar-refractivity contribution >= 4 is 27.1 Å². The van der Waals surface area contributed by atoms with E-state index in [1.165, 1.54) is 16.4 Å². The fraction of sp³-hybridized carbons (Fsp3) is 0.520. The lowest BCUT2D eigenvalue weighted by molar-refractivity contribution is -0.384. The standard InChI is InChI=1S/C25H35N3O5S/c1-5-20-6-8-21(9-7-20)27(17-19(2)3)34(31,32)22-10-11-23(24(16-22)28(29)30)26-18-25(4)12-14-33-15-13-25/h6-11,16,19,26H,5,12-15,17-18H2,1-4H3. The summed E-state index contributed by atoms with van der Waals surface area (Å²) in [5.41, 5.74) is 1.69. The molecule has 0 aliphatic carbocycles. The van der Waals surface area contributed by atoms with Gasteiger partial charge in [-0.2, -0.15) is 0 Å². The molecule has 2 aromatic rings. The third-order valence-corrected chi connectivity index (χ3v) is 8.11. The Balaban J connectivity index is 1.93. The predicted molar refractivity (Wildman–Crippen MR) is 135 cm³/mol. The maximum atomic E-state index is 13.6. The normalized spacial score (nSPS) is 15.8. The monoisotopic (exact) mass is 489 g/mol. The summed E-state index contributed by atoms with van der Waals surface area (Å²) in [6.07, 6.45) is 2.58. The first kappa shape index (κ1) is 26.0. The first-order valence-corrected chi connectivity index (χ1v) is 13.2. The Bertz CT molecular complexity index is 1090. The minimum atomic E-state index is -4.00. The van der Waals surface area contributed by atoms with Crippen LogP contribution >= 0.6 is 0 Å². The number of hydrogen-bond donors (Lipinski definition) is 1. The van der Waals surface area contributed by atoms with Crippen LogP contribution < -0.4 is 9.62 Å². The molecule has 0 atom stereocenters. The van der Waals surface area contributed by atoms with Crippen LogP contribution in [0.3, 0.4) is 0 Å². The molecule has 1 aliphatic rings. The molecule has 1 saturated heterocycles. The maximum absolute atomic E-state index is 13.6. The zero-order chi connectivity index (χ0) is 24.9. The zero-order valence-electron chi connectivity index (χ0n) is 20.4. The minimum Gasteiger partial charge on any atom is -0.381 e. The van der Waals surface area contributed by atoms with Crippen molar-refractivity contribution < 1.29 is 18.1 Å². The van der Waals surface area contributed by atoms with E-state index in [0.29, 0.717) is 31.1 Å². The molecule has 8 nitrogen and oxygen atoms in total. The smallest absolute Gasteiger partial charge is 0.293 e. The van der Waals surface area contributed by atoms with Crippen molar-refractivity contribution in [1.29, 1.82) is 0 Å². The van der Waals surface area contributed by atoms with Crippen molar-refractivity contribution in [3.8, 4) is 0 Å². The summed E-state index contributed by atoms with van der Waals surface area (Å²) in [6, 6.07) is 11.5. The molecule has 0 spiro atoms. The molecule has 0 amide bonds. The van der Waals surface area contributed by atoms with Gasteiger partial charge in [-0.3, -0.25) is 14.4 Å². The molecule has 0 saturated carbocycles. The lowest BCUT2D eigenvalue weighted by Gasteiger charge is -2.33. The second-order valence-electron chi connectivity index (χ2n) is 9.66. The fourth-order valence-corrected chi connectivity index (χ4v) is 5.67. The number of nitrogens with one attached hydrogen (secondary N) is 1. The number of aryl methyl sites for hydroxylation is 1. The number of hydrogen-bond acceptors (Lipinski definition) is 6. The van der Waals surface area contributed by atoms with Gasteiger partial charge in [-0.15, -0.1) is 0 Å². The van der Waals surface area contributed by atoms with Crippen LogP contribution in [-0.4, -0.2) is 39.6 Å². The topological polar surface area (TPSA) is 102 Å². The lowest BCUT2D eigenvalue weighted by Crippen LogP contribution is -2.34. The van der Waals surface area contributed by atoms with E-state index in [-0.39, 0.29) is 28.5 Å². The molecule has 0 aromatic heterocycles. The van der Waals surface area contributed by atoms with E-state index in [2.05, 4.69) is 12.2 Å². The average Bonchev–Trinajstić information content (AvgIpc) is 2.81. The third-order valence-electron chi connectivity index (χ3n) is 6.32. The third kappa shape index (κ3) is 6.07. The second-order valence-corrected chi connectivity index (χ2v) is 11.5. The summed E-state index contributed by atoms with van der Waals surface area (Å²) in [6.45, 7) is 10.2. The number of nitro benzene ring substituents is 1. The van der Waals surface area contributed by atoms with Crippen LogP contribution in [0.5, 0.6) is 0 Å². The van der Waals surface area contributed by atoms with Gasteiger partial charge >= 0.3 is 0 Å². The summed E-state index contributed by atoms with van der Waals surface area (Å²) in [7, 11) is -4.00. The van der Waals surface area contributed by atoms with Gasteiger partial charge in [-0.05, 0) is 60.4 Å². The van der Waals surface area contributed by atoms with Gasteiger partial charge in [0.1, 0.15) is 5.69 Å². The Labute approximate surface area is 202 Å². The van der Waals surface area contributed by atoms with Gasteiger partial charge in [0.15, 0.2) is 0 Å². The number of ether oxygens (including phenoxy) is 1. The Kier molecular flexibility index (Phi) is 8.20.